The van der Waals surface area contributed by atoms with Gasteiger partial charge < -0.3 is 20.5 Å². The summed E-state index contributed by atoms with van der Waals surface area (Å²) in [7, 11) is 1.24. The maximum absolute atomic E-state index is 14.6. The van der Waals surface area contributed by atoms with Crippen molar-refractivity contribution in [3.05, 3.63) is 53.6 Å². The van der Waals surface area contributed by atoms with Crippen LogP contribution in [0.5, 0.6) is 5.75 Å². The average molecular weight is 441 g/mol. The van der Waals surface area contributed by atoms with E-state index in [1.165, 1.54) is 31.5 Å². The van der Waals surface area contributed by atoms with Crippen molar-refractivity contribution >= 4 is 17.5 Å². The van der Waals surface area contributed by atoms with Crippen molar-refractivity contribution in [2.45, 2.75) is 37.1 Å². The molecule has 3 rings (SSSR count). The number of carbonyl (C=O) groups is 2. The largest absolute Gasteiger partial charge is 0.496 e. The first kappa shape index (κ1) is 22.5. The van der Waals surface area contributed by atoms with E-state index in [0.717, 1.165) is 19.1 Å². The number of benzene rings is 1. The van der Waals surface area contributed by atoms with Gasteiger partial charge in [0.1, 0.15) is 23.4 Å². The lowest BCUT2D eigenvalue weighted by Gasteiger charge is -2.27. The number of hydrogen-bond acceptors (Lipinski definition) is 5. The van der Waals surface area contributed by atoms with Gasteiger partial charge in [-0.2, -0.15) is 13.2 Å². The third-order valence-electron chi connectivity index (χ3n) is 5.10. The Morgan fingerprint density at radius 3 is 2.65 bits per heavy atom. The molecule has 1 aromatic heterocycles. The molecule has 0 radical (unpaired) electrons. The Morgan fingerprint density at radius 1 is 1.32 bits per heavy atom. The van der Waals surface area contributed by atoms with Gasteiger partial charge in [-0.3, -0.25) is 14.6 Å². The zero-order valence-electron chi connectivity index (χ0n) is 16.5. The number of aromatic nitrogens is 1. The molecule has 1 aliphatic rings. The number of methoxy groups -OCH3 is 1. The lowest BCUT2D eigenvalue weighted by molar-refractivity contribution is -0.261. The summed E-state index contributed by atoms with van der Waals surface area (Å²) in [5, 5.41) is 2.38. The fourth-order valence-corrected chi connectivity index (χ4v) is 3.52. The van der Waals surface area contributed by atoms with Crippen molar-refractivity contribution in [3.8, 4) is 5.75 Å². The normalized spacial score (nSPS) is 23.4. The Morgan fingerprint density at radius 2 is 2.03 bits per heavy atom. The third kappa shape index (κ3) is 4.31. The molecule has 0 aliphatic carbocycles. The van der Waals surface area contributed by atoms with E-state index in [2.05, 4.69) is 10.3 Å². The molecule has 31 heavy (non-hydrogen) atoms. The summed E-state index contributed by atoms with van der Waals surface area (Å²) in [6.07, 6.45) is -6.01. The lowest BCUT2D eigenvalue weighted by atomic mass is 9.85. The number of pyridine rings is 1. The summed E-state index contributed by atoms with van der Waals surface area (Å²) in [5.74, 6) is -3.92. The van der Waals surface area contributed by atoms with Crippen LogP contribution in [0.15, 0.2) is 36.5 Å². The van der Waals surface area contributed by atoms with Crippen LogP contribution in [0.25, 0.3) is 0 Å². The predicted octanol–water partition coefficient (Wildman–Crippen LogP) is 3.16. The molecule has 2 amide bonds. The molecule has 1 fully saturated rings. The molecule has 2 aromatic rings. The van der Waals surface area contributed by atoms with Crippen LogP contribution in [0.1, 0.15) is 35.3 Å². The number of nitrogens with one attached hydrogen (secondary N) is 1. The van der Waals surface area contributed by atoms with Gasteiger partial charge in [-0.05, 0) is 37.6 Å². The predicted molar refractivity (Wildman–Crippen MR) is 101 cm³/mol. The highest BCUT2D eigenvalue weighted by Crippen LogP contribution is 2.51. The van der Waals surface area contributed by atoms with Crippen LogP contribution in [-0.4, -0.2) is 41.8 Å². The van der Waals surface area contributed by atoms with Crippen LogP contribution in [0.2, 0.25) is 0 Å². The van der Waals surface area contributed by atoms with Gasteiger partial charge in [0.25, 0.3) is 11.8 Å². The second kappa shape index (κ2) is 8.14. The van der Waals surface area contributed by atoms with Crippen molar-refractivity contribution in [1.29, 1.82) is 0 Å². The van der Waals surface area contributed by atoms with Crippen LogP contribution in [0, 0.1) is 5.82 Å². The number of rotatable bonds is 5. The summed E-state index contributed by atoms with van der Waals surface area (Å²) in [5.41, 5.74) is 2.18. The molecule has 11 heteroatoms. The van der Waals surface area contributed by atoms with Crippen molar-refractivity contribution in [3.63, 3.8) is 0 Å². The first-order chi connectivity index (χ1) is 14.5. The molecule has 166 valence electrons. The average Bonchev–Trinajstić information content (AvgIpc) is 3.06. The van der Waals surface area contributed by atoms with Crippen molar-refractivity contribution < 1.29 is 36.6 Å². The Kier molecular flexibility index (Phi) is 5.90. The number of carbonyl (C=O) groups excluding carboxylic acids is 2. The van der Waals surface area contributed by atoms with Crippen molar-refractivity contribution in [1.82, 2.24) is 4.98 Å². The number of alkyl halides is 3. The van der Waals surface area contributed by atoms with Gasteiger partial charge in [0, 0.05) is 23.4 Å². The first-order valence-corrected chi connectivity index (χ1v) is 9.10. The molecular formula is C20H19F4N3O4. The lowest BCUT2D eigenvalue weighted by Crippen LogP contribution is -2.43. The zero-order chi connectivity index (χ0) is 23.0. The summed E-state index contributed by atoms with van der Waals surface area (Å²) in [6, 6.07) is 6.28. The Labute approximate surface area is 174 Å². The van der Waals surface area contributed by atoms with Gasteiger partial charge in [0.05, 0.1) is 7.11 Å². The van der Waals surface area contributed by atoms with Gasteiger partial charge in [-0.15, -0.1) is 0 Å². The highest BCUT2D eigenvalue weighted by Gasteiger charge is 2.61. The SMILES string of the molecule is COc1cccc(F)c1[C@H]1C[C@@](C)(C(F)(F)F)O[C@H]1C(=O)Nc1ccnc(C(N)=O)c1. The van der Waals surface area contributed by atoms with Crippen LogP contribution < -0.4 is 15.8 Å². The molecular weight excluding hydrogens is 422 g/mol. The van der Waals surface area contributed by atoms with E-state index in [4.69, 9.17) is 15.2 Å². The molecule has 7 nitrogen and oxygen atoms in total. The van der Waals surface area contributed by atoms with E-state index in [0.29, 0.717) is 0 Å². The number of primary amides is 1. The third-order valence-corrected chi connectivity index (χ3v) is 5.10. The van der Waals surface area contributed by atoms with Gasteiger partial charge >= 0.3 is 6.18 Å². The smallest absolute Gasteiger partial charge is 0.417 e. The van der Waals surface area contributed by atoms with Gasteiger partial charge in [-0.25, -0.2) is 4.39 Å². The number of ether oxygens (including phenoxy) is 2. The number of anilines is 1. The Hall–Kier alpha value is -3.21. The highest BCUT2D eigenvalue weighted by atomic mass is 19.4. The fraction of sp³-hybridized carbons (Fsp3) is 0.350. The standard InChI is InChI=1S/C20H19F4N3O4/c1-19(20(22,23)24)9-11(15-12(21)4-3-5-14(15)30-2)16(31-19)18(29)27-10-6-7-26-13(8-10)17(25)28/h3-8,11,16H,9H2,1-2H3,(H2,25,28)(H,26,27,29)/t11-,16-,19+/m1/s1. The minimum absolute atomic E-state index is 0.00208. The minimum Gasteiger partial charge on any atom is -0.496 e. The molecule has 1 aromatic carbocycles. The van der Waals surface area contributed by atoms with Crippen molar-refractivity contribution in [2.24, 2.45) is 5.73 Å². The first-order valence-electron chi connectivity index (χ1n) is 9.10. The molecule has 3 atom stereocenters. The summed E-state index contributed by atoms with van der Waals surface area (Å²) in [4.78, 5) is 27.9. The summed E-state index contributed by atoms with van der Waals surface area (Å²) < 4.78 is 66.0. The maximum Gasteiger partial charge on any atom is 0.417 e. The molecule has 1 aliphatic heterocycles. The number of hydrogen-bond donors (Lipinski definition) is 2. The van der Waals surface area contributed by atoms with E-state index >= 15 is 0 Å². The van der Waals surface area contributed by atoms with Gasteiger partial charge in [0.15, 0.2) is 5.60 Å². The molecule has 3 N–H and O–H groups in total. The second-order valence-corrected chi connectivity index (χ2v) is 7.22. The highest BCUT2D eigenvalue weighted by molar-refractivity contribution is 5.97. The van der Waals surface area contributed by atoms with E-state index in [-0.39, 0.29) is 22.7 Å². The van der Waals surface area contributed by atoms with E-state index < -0.39 is 47.9 Å². The molecule has 0 unspecified atom stereocenters. The summed E-state index contributed by atoms with van der Waals surface area (Å²) in [6.45, 7) is 0.804. The van der Waals surface area contributed by atoms with Gasteiger partial charge in [0.2, 0.25) is 0 Å². The van der Waals surface area contributed by atoms with E-state index in [9.17, 15) is 27.2 Å². The van der Waals surface area contributed by atoms with Crippen LogP contribution >= 0.6 is 0 Å². The molecule has 0 saturated carbocycles. The Balaban J connectivity index is 2.00. The number of nitrogens with zero attached hydrogens (tertiary/aromatic N) is 1. The van der Waals surface area contributed by atoms with Gasteiger partial charge in [-0.1, -0.05) is 6.07 Å². The van der Waals surface area contributed by atoms with E-state index in [1.807, 2.05) is 0 Å². The fourth-order valence-electron chi connectivity index (χ4n) is 3.52. The summed E-state index contributed by atoms with van der Waals surface area (Å²) >= 11 is 0. The van der Waals surface area contributed by atoms with Crippen LogP contribution in [0.3, 0.4) is 0 Å². The monoisotopic (exact) mass is 441 g/mol. The topological polar surface area (TPSA) is 104 Å². The molecule has 1 saturated heterocycles. The quantitative estimate of drug-likeness (QED) is 0.694. The Bertz CT molecular complexity index is 1010. The zero-order valence-corrected chi connectivity index (χ0v) is 16.5. The minimum atomic E-state index is -4.81. The van der Waals surface area contributed by atoms with Crippen LogP contribution in [0.4, 0.5) is 23.2 Å². The maximum atomic E-state index is 14.6. The number of amides is 2. The molecule has 2 heterocycles. The van der Waals surface area contributed by atoms with E-state index in [1.54, 1.807) is 0 Å². The number of nitrogens with two attached hydrogens (primary N) is 1. The van der Waals surface area contributed by atoms with Crippen LogP contribution in [-0.2, 0) is 9.53 Å². The number of halogens is 4. The molecule has 0 spiro atoms. The van der Waals surface area contributed by atoms with Crippen molar-refractivity contribution in [2.75, 3.05) is 12.4 Å². The molecule has 0 bridgehead atoms. The second-order valence-electron chi connectivity index (χ2n) is 7.22.